The zero-order valence-electron chi connectivity index (χ0n) is 3.32. The molecule has 0 heterocycles. The summed E-state index contributed by atoms with van der Waals surface area (Å²) in [7, 11) is 0. The first-order chi connectivity index (χ1) is 2.91. The fourth-order valence-corrected chi connectivity index (χ4v) is 0.612. The van der Waals surface area contributed by atoms with Crippen LogP contribution in [0.4, 0.5) is 0 Å². The molecule has 0 spiro atoms. The molecule has 0 bridgehead atoms. The third-order valence-electron chi connectivity index (χ3n) is 0.345. The van der Waals surface area contributed by atoms with Crippen LogP contribution in [-0.4, -0.2) is 10.3 Å². The second-order valence-electron chi connectivity index (χ2n) is 0.780. The van der Waals surface area contributed by atoms with Gasteiger partial charge >= 0.3 is 0 Å². The molecule has 0 aromatic rings. The summed E-state index contributed by atoms with van der Waals surface area (Å²) < 4.78 is 1.06. The molecule has 0 aliphatic heterocycles. The van der Waals surface area contributed by atoms with Gasteiger partial charge in [0.15, 0.2) is 0 Å². The molecule has 0 N–H and O–H groups in total. The highest BCUT2D eigenvalue weighted by atomic mass is 127. The van der Waals surface area contributed by atoms with E-state index in [0.29, 0.717) is 5.88 Å². The van der Waals surface area contributed by atoms with Crippen molar-refractivity contribution in [2.45, 2.75) is 0 Å². The predicted octanol–water partition coefficient (Wildman–Crippen LogP) is 2.22. The fraction of sp³-hybridized carbons (Fsp3) is 0.500. The fourth-order valence-electron chi connectivity index (χ4n) is 0.126. The quantitative estimate of drug-likeness (QED) is 0.377. The number of halogens is 2. The van der Waals surface area contributed by atoms with Gasteiger partial charge in [-0.2, -0.15) is 0 Å². The molecule has 6 heavy (non-hydrogen) atoms. The van der Waals surface area contributed by atoms with Gasteiger partial charge in [0.1, 0.15) is 0 Å². The third kappa shape index (κ3) is 4.76. The number of hydrogen-bond donors (Lipinski definition) is 0. The molecule has 36 valence electrons. The summed E-state index contributed by atoms with van der Waals surface area (Å²) >= 11 is 7.56. The molecule has 0 radical (unpaired) electrons. The number of hydrogen-bond acceptors (Lipinski definition) is 0. The van der Waals surface area contributed by atoms with Gasteiger partial charge in [-0.1, -0.05) is 34.7 Å². The van der Waals surface area contributed by atoms with Crippen LogP contribution in [0.5, 0.6) is 0 Å². The van der Waals surface area contributed by atoms with Crippen molar-refractivity contribution in [3.63, 3.8) is 0 Å². The topological polar surface area (TPSA) is 0 Å². The molecule has 0 atom stereocenters. The Morgan fingerprint density at radius 3 is 2.33 bits per heavy atom. The van der Waals surface area contributed by atoms with Gasteiger partial charge in [0.25, 0.3) is 0 Å². The lowest BCUT2D eigenvalue weighted by molar-refractivity contribution is 1.69. The first-order valence-corrected chi connectivity index (χ1v) is 3.74. The van der Waals surface area contributed by atoms with Crippen molar-refractivity contribution in [1.29, 1.82) is 0 Å². The van der Waals surface area contributed by atoms with E-state index in [9.17, 15) is 0 Å². The molecule has 0 nitrogen and oxygen atoms in total. The molecule has 0 saturated heterocycles. The van der Waals surface area contributed by atoms with Crippen molar-refractivity contribution in [2.75, 3.05) is 10.3 Å². The molecular formula is C4H6ClI. The van der Waals surface area contributed by atoms with Crippen LogP contribution in [0.3, 0.4) is 0 Å². The van der Waals surface area contributed by atoms with E-state index >= 15 is 0 Å². The molecule has 0 amide bonds. The van der Waals surface area contributed by atoms with E-state index in [1.165, 1.54) is 0 Å². The lowest BCUT2D eigenvalue weighted by Crippen LogP contribution is -1.59. The van der Waals surface area contributed by atoms with Crippen LogP contribution in [0.1, 0.15) is 0 Å². The lowest BCUT2D eigenvalue weighted by Gasteiger charge is -1.69. The zero-order chi connectivity index (χ0) is 4.83. The van der Waals surface area contributed by atoms with Crippen LogP contribution >= 0.6 is 34.2 Å². The van der Waals surface area contributed by atoms with Gasteiger partial charge in [0.05, 0.1) is 0 Å². The Kier molecular flexibility index (Phi) is 6.49. The SMILES string of the molecule is ClCC=CCI. The highest BCUT2D eigenvalue weighted by Crippen LogP contribution is 1.83. The van der Waals surface area contributed by atoms with Crippen molar-refractivity contribution >= 4 is 34.2 Å². The Hall–Kier alpha value is 0.760. The Bertz CT molecular complexity index is 36.8. The van der Waals surface area contributed by atoms with Crippen LogP contribution in [-0.2, 0) is 0 Å². The van der Waals surface area contributed by atoms with E-state index in [-0.39, 0.29) is 0 Å². The molecule has 0 aliphatic carbocycles. The minimum Gasteiger partial charge on any atom is -0.122 e. The summed E-state index contributed by atoms with van der Waals surface area (Å²) in [4.78, 5) is 0. The maximum Gasteiger partial charge on any atom is 0.0404 e. The first kappa shape index (κ1) is 6.76. The van der Waals surface area contributed by atoms with Crippen LogP contribution in [0, 0.1) is 0 Å². The van der Waals surface area contributed by atoms with Crippen molar-refractivity contribution in [2.24, 2.45) is 0 Å². The second-order valence-corrected chi connectivity index (χ2v) is 1.97. The van der Waals surface area contributed by atoms with Crippen molar-refractivity contribution in [3.8, 4) is 0 Å². The minimum atomic E-state index is 0.642. The highest BCUT2D eigenvalue weighted by molar-refractivity contribution is 14.1. The van der Waals surface area contributed by atoms with Crippen LogP contribution in [0.15, 0.2) is 12.2 Å². The molecule has 0 aromatic carbocycles. The summed E-state index contributed by atoms with van der Waals surface area (Å²) in [5.41, 5.74) is 0. The standard InChI is InChI=1S/C4H6ClI/c5-3-1-2-4-6/h1-2H,3-4H2. The summed E-state index contributed by atoms with van der Waals surface area (Å²) in [5.74, 6) is 0.642. The van der Waals surface area contributed by atoms with Gasteiger partial charge in [-0.3, -0.25) is 0 Å². The molecular weight excluding hydrogens is 210 g/mol. The molecule has 0 rings (SSSR count). The second kappa shape index (κ2) is 5.76. The molecule has 0 aromatic heterocycles. The normalized spacial score (nSPS) is 10.3. The number of allylic oxidation sites excluding steroid dienone is 2. The van der Waals surface area contributed by atoms with Crippen LogP contribution in [0.25, 0.3) is 0 Å². The maximum absolute atomic E-state index is 5.29. The van der Waals surface area contributed by atoms with E-state index in [0.717, 1.165) is 4.43 Å². The summed E-state index contributed by atoms with van der Waals surface area (Å²) in [6, 6.07) is 0. The monoisotopic (exact) mass is 216 g/mol. The number of alkyl halides is 2. The zero-order valence-corrected chi connectivity index (χ0v) is 6.24. The van der Waals surface area contributed by atoms with Gasteiger partial charge in [0.2, 0.25) is 0 Å². The Labute approximate surface area is 56.7 Å². The van der Waals surface area contributed by atoms with Gasteiger partial charge in [-0.25, -0.2) is 0 Å². The Morgan fingerprint density at radius 1 is 1.50 bits per heavy atom. The predicted molar refractivity (Wildman–Crippen MR) is 38.7 cm³/mol. The van der Waals surface area contributed by atoms with E-state index < -0.39 is 0 Å². The van der Waals surface area contributed by atoms with E-state index in [1.54, 1.807) is 0 Å². The summed E-state index contributed by atoms with van der Waals surface area (Å²) in [6.07, 6.45) is 3.97. The van der Waals surface area contributed by atoms with Crippen molar-refractivity contribution in [1.82, 2.24) is 0 Å². The Balaban J connectivity index is 2.73. The number of rotatable bonds is 2. The molecule has 2 heteroatoms. The molecule has 0 saturated carbocycles. The van der Waals surface area contributed by atoms with Crippen LogP contribution in [0.2, 0.25) is 0 Å². The van der Waals surface area contributed by atoms with Gasteiger partial charge in [0, 0.05) is 10.3 Å². The maximum atomic E-state index is 5.29. The van der Waals surface area contributed by atoms with E-state index in [2.05, 4.69) is 22.6 Å². The average molecular weight is 216 g/mol. The molecule has 0 fully saturated rings. The lowest BCUT2D eigenvalue weighted by atomic mass is 10.6. The largest absolute Gasteiger partial charge is 0.122 e. The van der Waals surface area contributed by atoms with E-state index in [1.807, 2.05) is 12.2 Å². The smallest absolute Gasteiger partial charge is 0.0404 e. The summed E-state index contributed by atoms with van der Waals surface area (Å²) in [5, 5.41) is 0. The average Bonchev–Trinajstić information content (AvgIpc) is 1.61. The molecule has 0 unspecified atom stereocenters. The van der Waals surface area contributed by atoms with Gasteiger partial charge in [-0.15, -0.1) is 11.6 Å². The van der Waals surface area contributed by atoms with Crippen molar-refractivity contribution in [3.05, 3.63) is 12.2 Å². The van der Waals surface area contributed by atoms with Crippen molar-refractivity contribution < 1.29 is 0 Å². The highest BCUT2D eigenvalue weighted by Gasteiger charge is 1.62. The third-order valence-corrected chi connectivity index (χ3v) is 1.03. The Morgan fingerprint density at radius 2 is 2.17 bits per heavy atom. The molecule has 0 aliphatic rings. The first-order valence-electron chi connectivity index (χ1n) is 1.68. The minimum absolute atomic E-state index is 0.642. The van der Waals surface area contributed by atoms with E-state index in [4.69, 9.17) is 11.6 Å². The van der Waals surface area contributed by atoms with Gasteiger partial charge < -0.3 is 0 Å². The summed E-state index contributed by atoms with van der Waals surface area (Å²) in [6.45, 7) is 0. The van der Waals surface area contributed by atoms with Crippen LogP contribution < -0.4 is 0 Å². The van der Waals surface area contributed by atoms with Gasteiger partial charge in [-0.05, 0) is 0 Å².